The van der Waals surface area contributed by atoms with E-state index in [1.165, 1.54) is 15.7 Å². The molecule has 2 N–H and O–H groups in total. The average Bonchev–Trinajstić information content (AvgIpc) is 2.18. The van der Waals surface area contributed by atoms with Crippen molar-refractivity contribution in [3.05, 3.63) is 28.2 Å². The Labute approximate surface area is 86.9 Å². The highest BCUT2D eigenvalue weighted by Crippen LogP contribution is 2.29. The molecule has 1 unspecified atom stereocenters. The van der Waals surface area contributed by atoms with Crippen LogP contribution in [-0.2, 0) is 6.42 Å². The number of rotatable bonds is 1. The molecule has 0 spiro atoms. The highest BCUT2D eigenvalue weighted by molar-refractivity contribution is 9.10. The van der Waals surface area contributed by atoms with E-state index in [1.54, 1.807) is 0 Å². The van der Waals surface area contributed by atoms with Gasteiger partial charge in [0.25, 0.3) is 0 Å². The van der Waals surface area contributed by atoms with Crippen LogP contribution in [0.5, 0.6) is 0 Å². The Bertz CT molecular complexity index is 312. The Balaban J connectivity index is 2.31. The van der Waals surface area contributed by atoms with Crippen LogP contribution in [0.25, 0.3) is 0 Å². The molecule has 1 heterocycles. The largest absolute Gasteiger partial charge is 0.382 e. The fraction of sp³-hybridized carbons (Fsp3) is 0.400. The van der Waals surface area contributed by atoms with Gasteiger partial charge < -0.3 is 10.6 Å². The molecule has 2 nitrogen and oxygen atoms in total. The molecule has 70 valence electrons. The molecule has 1 aromatic carbocycles. The minimum absolute atomic E-state index is 0.557. The number of fused-ring (bicyclic) bond motifs is 1. The first-order chi connectivity index (χ1) is 6.31. The van der Waals surface area contributed by atoms with Crippen molar-refractivity contribution in [3.63, 3.8) is 0 Å². The zero-order valence-electron chi connectivity index (χ0n) is 7.60. The minimum Gasteiger partial charge on any atom is -0.382 e. The second kappa shape index (κ2) is 3.68. The van der Waals surface area contributed by atoms with E-state index in [9.17, 15) is 0 Å². The van der Waals surface area contributed by atoms with E-state index in [2.05, 4.69) is 44.8 Å². The maximum Gasteiger partial charge on any atom is 0.0518 e. The first-order valence-electron chi connectivity index (χ1n) is 4.50. The van der Waals surface area contributed by atoms with Gasteiger partial charge in [-0.05, 0) is 41.0 Å². The van der Waals surface area contributed by atoms with Gasteiger partial charge >= 0.3 is 0 Å². The molecule has 2 rings (SSSR count). The molecule has 1 atom stereocenters. The predicted molar refractivity (Wildman–Crippen MR) is 59.2 cm³/mol. The molecule has 0 saturated heterocycles. The molecule has 3 heteroatoms. The molecular formula is C10H13BrN2. The molecule has 0 saturated carbocycles. The van der Waals surface area contributed by atoms with Gasteiger partial charge in [-0.15, -0.1) is 0 Å². The van der Waals surface area contributed by atoms with E-state index >= 15 is 0 Å². The molecule has 0 bridgehead atoms. The Hall–Kier alpha value is -0.540. The average molecular weight is 241 g/mol. The summed E-state index contributed by atoms with van der Waals surface area (Å²) < 4.78 is 1.17. The number of nitrogens with one attached hydrogen (secondary N) is 2. The second-order valence-corrected chi connectivity index (χ2v) is 4.20. The molecule has 0 aliphatic carbocycles. The van der Waals surface area contributed by atoms with E-state index in [1.807, 2.05) is 7.05 Å². The Morgan fingerprint density at radius 1 is 1.54 bits per heavy atom. The normalized spacial score (nSPS) is 20.6. The van der Waals surface area contributed by atoms with Gasteiger partial charge in [0.1, 0.15) is 0 Å². The number of para-hydroxylation sites is 1. The van der Waals surface area contributed by atoms with Crippen LogP contribution in [0.1, 0.15) is 5.56 Å². The van der Waals surface area contributed by atoms with Crippen LogP contribution in [-0.4, -0.2) is 19.6 Å². The summed E-state index contributed by atoms with van der Waals surface area (Å²) in [5, 5.41) is 6.71. The highest BCUT2D eigenvalue weighted by Gasteiger charge is 2.17. The summed E-state index contributed by atoms with van der Waals surface area (Å²) >= 11 is 3.54. The lowest BCUT2D eigenvalue weighted by Crippen LogP contribution is -2.38. The van der Waals surface area contributed by atoms with Gasteiger partial charge in [-0.25, -0.2) is 0 Å². The molecule has 13 heavy (non-hydrogen) atoms. The molecule has 0 radical (unpaired) electrons. The van der Waals surface area contributed by atoms with Gasteiger partial charge in [-0.3, -0.25) is 0 Å². The number of hydrogen-bond acceptors (Lipinski definition) is 2. The summed E-state index contributed by atoms with van der Waals surface area (Å²) in [7, 11) is 2.01. The van der Waals surface area contributed by atoms with Crippen LogP contribution < -0.4 is 10.6 Å². The smallest absolute Gasteiger partial charge is 0.0518 e. The minimum atomic E-state index is 0.557. The maximum atomic E-state index is 3.54. The van der Waals surface area contributed by atoms with Crippen molar-refractivity contribution in [3.8, 4) is 0 Å². The Kier molecular flexibility index (Phi) is 2.56. The van der Waals surface area contributed by atoms with Crippen LogP contribution in [0, 0.1) is 0 Å². The standard InChI is InChI=1S/C10H13BrN2/c1-12-8-5-7-3-2-4-9(11)10(7)13-6-8/h2-4,8,12-13H,5-6H2,1H3. The van der Waals surface area contributed by atoms with Gasteiger partial charge in [0.2, 0.25) is 0 Å². The second-order valence-electron chi connectivity index (χ2n) is 3.34. The van der Waals surface area contributed by atoms with Crippen molar-refractivity contribution in [2.24, 2.45) is 0 Å². The fourth-order valence-corrected chi connectivity index (χ4v) is 2.25. The summed E-state index contributed by atoms with van der Waals surface area (Å²) in [5.74, 6) is 0. The van der Waals surface area contributed by atoms with E-state index < -0.39 is 0 Å². The lowest BCUT2D eigenvalue weighted by Gasteiger charge is -2.26. The Morgan fingerprint density at radius 3 is 3.15 bits per heavy atom. The number of anilines is 1. The zero-order chi connectivity index (χ0) is 9.26. The van der Waals surface area contributed by atoms with E-state index in [0.29, 0.717) is 6.04 Å². The zero-order valence-corrected chi connectivity index (χ0v) is 9.19. The van der Waals surface area contributed by atoms with Crippen molar-refractivity contribution in [1.82, 2.24) is 5.32 Å². The van der Waals surface area contributed by atoms with Crippen molar-refractivity contribution >= 4 is 21.6 Å². The quantitative estimate of drug-likeness (QED) is 0.785. The third-order valence-electron chi connectivity index (χ3n) is 2.50. The van der Waals surface area contributed by atoms with E-state index in [4.69, 9.17) is 0 Å². The van der Waals surface area contributed by atoms with Gasteiger partial charge in [0, 0.05) is 17.1 Å². The summed E-state index contributed by atoms with van der Waals surface area (Å²) in [6, 6.07) is 6.90. The number of halogens is 1. The first-order valence-corrected chi connectivity index (χ1v) is 5.29. The predicted octanol–water partition coefficient (Wildman–Crippen LogP) is 2.01. The highest BCUT2D eigenvalue weighted by atomic mass is 79.9. The van der Waals surface area contributed by atoms with Gasteiger partial charge in [-0.1, -0.05) is 12.1 Å². The first kappa shape index (κ1) is 9.03. The van der Waals surface area contributed by atoms with Crippen LogP contribution in [0.2, 0.25) is 0 Å². The van der Waals surface area contributed by atoms with Crippen LogP contribution >= 0.6 is 15.9 Å². The van der Waals surface area contributed by atoms with E-state index in [0.717, 1.165) is 13.0 Å². The molecule has 0 aromatic heterocycles. The number of benzene rings is 1. The lowest BCUT2D eigenvalue weighted by atomic mass is 10.00. The van der Waals surface area contributed by atoms with Gasteiger partial charge in [-0.2, -0.15) is 0 Å². The van der Waals surface area contributed by atoms with Crippen molar-refractivity contribution in [1.29, 1.82) is 0 Å². The molecule has 1 aliphatic rings. The van der Waals surface area contributed by atoms with E-state index in [-0.39, 0.29) is 0 Å². The summed E-state index contributed by atoms with van der Waals surface area (Å²) in [5.41, 5.74) is 2.65. The molecule has 1 aliphatic heterocycles. The van der Waals surface area contributed by atoms with Crippen LogP contribution in [0.15, 0.2) is 22.7 Å². The van der Waals surface area contributed by atoms with Gasteiger partial charge in [0.05, 0.1) is 5.69 Å². The van der Waals surface area contributed by atoms with Crippen molar-refractivity contribution in [2.75, 3.05) is 18.9 Å². The molecule has 0 amide bonds. The third-order valence-corrected chi connectivity index (χ3v) is 3.16. The van der Waals surface area contributed by atoms with Crippen LogP contribution in [0.3, 0.4) is 0 Å². The SMILES string of the molecule is CNC1CNc2c(Br)cccc2C1. The molecule has 1 aromatic rings. The topological polar surface area (TPSA) is 24.1 Å². The van der Waals surface area contributed by atoms with Crippen molar-refractivity contribution in [2.45, 2.75) is 12.5 Å². The van der Waals surface area contributed by atoms with Crippen LogP contribution in [0.4, 0.5) is 5.69 Å². The number of hydrogen-bond donors (Lipinski definition) is 2. The molecular weight excluding hydrogens is 228 g/mol. The monoisotopic (exact) mass is 240 g/mol. The third kappa shape index (κ3) is 1.71. The van der Waals surface area contributed by atoms with Gasteiger partial charge in [0.15, 0.2) is 0 Å². The Morgan fingerprint density at radius 2 is 2.38 bits per heavy atom. The molecule has 0 fully saturated rings. The summed E-state index contributed by atoms with van der Waals surface area (Å²) in [6.45, 7) is 1.01. The summed E-state index contributed by atoms with van der Waals surface area (Å²) in [4.78, 5) is 0. The maximum absolute atomic E-state index is 3.54. The van der Waals surface area contributed by atoms with Crippen molar-refractivity contribution < 1.29 is 0 Å². The summed E-state index contributed by atoms with van der Waals surface area (Å²) in [6.07, 6.45) is 1.11. The fourth-order valence-electron chi connectivity index (χ4n) is 1.70. The number of likely N-dealkylation sites (N-methyl/N-ethyl adjacent to an activating group) is 1. The lowest BCUT2D eigenvalue weighted by molar-refractivity contribution is 0.570.